The largest absolute Gasteiger partial charge is 0.463 e. The minimum Gasteiger partial charge on any atom is -0.463 e. The van der Waals surface area contributed by atoms with Crippen LogP contribution in [-0.2, 0) is 14.3 Å². The Hall–Kier alpha value is -2.63. The predicted molar refractivity (Wildman–Crippen MR) is 81.9 cm³/mol. The van der Waals surface area contributed by atoms with Gasteiger partial charge in [0.15, 0.2) is 0 Å². The summed E-state index contributed by atoms with van der Waals surface area (Å²) in [7, 11) is 0. The maximum Gasteiger partial charge on any atom is 0.330 e. The summed E-state index contributed by atoms with van der Waals surface area (Å²) in [4.78, 5) is 34.3. The number of hydrogen-bond acceptors (Lipinski definition) is 4. The van der Waals surface area contributed by atoms with Gasteiger partial charge in [0.05, 0.1) is 6.61 Å². The molecule has 0 saturated heterocycles. The Morgan fingerprint density at radius 2 is 1.95 bits per heavy atom. The highest BCUT2D eigenvalue weighted by molar-refractivity contribution is 5.94. The molecule has 22 heavy (non-hydrogen) atoms. The highest BCUT2D eigenvalue weighted by Crippen LogP contribution is 2.04. The van der Waals surface area contributed by atoms with E-state index in [2.05, 4.69) is 5.32 Å². The fourth-order valence-electron chi connectivity index (χ4n) is 1.74. The number of ether oxygens (including phenoxy) is 1. The maximum absolute atomic E-state index is 12.1. The molecule has 0 aliphatic carbocycles. The minimum absolute atomic E-state index is 0.104. The van der Waals surface area contributed by atoms with Gasteiger partial charge in [0.25, 0.3) is 5.91 Å². The van der Waals surface area contributed by atoms with Crippen LogP contribution >= 0.6 is 0 Å². The Morgan fingerprint density at radius 3 is 2.55 bits per heavy atom. The van der Waals surface area contributed by atoms with Crippen molar-refractivity contribution in [2.75, 3.05) is 6.61 Å². The third-order valence-corrected chi connectivity index (χ3v) is 2.81. The number of benzene rings is 1. The number of primary amides is 1. The second-order valence-electron chi connectivity index (χ2n) is 4.56. The number of esters is 1. The van der Waals surface area contributed by atoms with E-state index in [0.29, 0.717) is 12.0 Å². The smallest absolute Gasteiger partial charge is 0.330 e. The van der Waals surface area contributed by atoms with Crippen LogP contribution in [0, 0.1) is 0 Å². The van der Waals surface area contributed by atoms with Crippen molar-refractivity contribution >= 4 is 17.8 Å². The molecular weight excluding hydrogens is 284 g/mol. The average Bonchev–Trinajstić information content (AvgIpc) is 2.51. The Bertz CT molecular complexity index is 540. The van der Waals surface area contributed by atoms with Crippen LogP contribution in [0.15, 0.2) is 42.5 Å². The third kappa shape index (κ3) is 6.69. The molecule has 6 nitrogen and oxygen atoms in total. The zero-order chi connectivity index (χ0) is 16.4. The fraction of sp³-hybridized carbons (Fsp3) is 0.312. The Morgan fingerprint density at radius 1 is 1.27 bits per heavy atom. The molecule has 1 rings (SSSR count). The normalized spacial score (nSPS) is 11.9. The molecule has 0 aromatic heterocycles. The monoisotopic (exact) mass is 304 g/mol. The van der Waals surface area contributed by atoms with Gasteiger partial charge in [0.1, 0.15) is 0 Å². The summed E-state index contributed by atoms with van der Waals surface area (Å²) in [6.45, 7) is 1.97. The molecule has 0 aliphatic rings. The Balaban J connectivity index is 2.70. The van der Waals surface area contributed by atoms with Crippen molar-refractivity contribution in [3.05, 3.63) is 48.0 Å². The number of nitrogens with two attached hydrogens (primary N) is 1. The quantitative estimate of drug-likeness (QED) is 0.556. The number of nitrogens with one attached hydrogen (secondary N) is 1. The number of amides is 2. The van der Waals surface area contributed by atoms with Crippen LogP contribution in [0.3, 0.4) is 0 Å². The molecule has 0 bridgehead atoms. The van der Waals surface area contributed by atoms with E-state index in [9.17, 15) is 14.4 Å². The summed E-state index contributed by atoms with van der Waals surface area (Å²) in [6, 6.07) is 8.18. The first-order valence-corrected chi connectivity index (χ1v) is 7.02. The van der Waals surface area contributed by atoms with E-state index in [1.54, 1.807) is 31.2 Å². The molecule has 2 amide bonds. The van der Waals surface area contributed by atoms with Crippen molar-refractivity contribution in [1.29, 1.82) is 0 Å². The summed E-state index contributed by atoms with van der Waals surface area (Å²) in [5.41, 5.74) is 5.62. The summed E-state index contributed by atoms with van der Waals surface area (Å²) < 4.78 is 4.78. The van der Waals surface area contributed by atoms with Gasteiger partial charge in [-0.2, -0.15) is 0 Å². The lowest BCUT2D eigenvalue weighted by Gasteiger charge is -2.14. The molecule has 3 N–H and O–H groups in total. The summed E-state index contributed by atoms with van der Waals surface area (Å²) >= 11 is 0. The molecule has 0 unspecified atom stereocenters. The van der Waals surface area contributed by atoms with E-state index in [4.69, 9.17) is 10.5 Å². The lowest BCUT2D eigenvalue weighted by Crippen LogP contribution is -2.34. The van der Waals surface area contributed by atoms with Crippen LogP contribution in [0.5, 0.6) is 0 Å². The van der Waals surface area contributed by atoms with Gasteiger partial charge in [-0.25, -0.2) is 4.79 Å². The van der Waals surface area contributed by atoms with Crippen LogP contribution < -0.4 is 11.1 Å². The Kier molecular flexibility index (Phi) is 7.39. The van der Waals surface area contributed by atoms with Crippen LogP contribution in [0.1, 0.15) is 30.1 Å². The van der Waals surface area contributed by atoms with Crippen molar-refractivity contribution in [2.24, 2.45) is 5.73 Å². The number of carbonyl (C=O) groups is 3. The molecule has 0 saturated carbocycles. The van der Waals surface area contributed by atoms with Gasteiger partial charge < -0.3 is 15.8 Å². The van der Waals surface area contributed by atoms with Crippen molar-refractivity contribution < 1.29 is 19.1 Å². The second-order valence-corrected chi connectivity index (χ2v) is 4.56. The number of rotatable bonds is 8. The molecule has 0 heterocycles. The molecule has 1 aromatic carbocycles. The zero-order valence-electron chi connectivity index (χ0n) is 12.5. The van der Waals surface area contributed by atoms with Crippen molar-refractivity contribution in [1.82, 2.24) is 5.32 Å². The number of carbonyl (C=O) groups excluding carboxylic acids is 3. The summed E-state index contributed by atoms with van der Waals surface area (Å²) in [6.07, 6.45) is 3.15. The van der Waals surface area contributed by atoms with E-state index in [1.807, 2.05) is 6.07 Å². The third-order valence-electron chi connectivity index (χ3n) is 2.81. The minimum atomic E-state index is -0.500. The van der Waals surface area contributed by atoms with Crippen molar-refractivity contribution in [3.8, 4) is 0 Å². The van der Waals surface area contributed by atoms with E-state index >= 15 is 0 Å². The van der Waals surface area contributed by atoms with Gasteiger partial charge in [-0.05, 0) is 25.5 Å². The number of hydrogen-bond donors (Lipinski definition) is 2. The van der Waals surface area contributed by atoms with E-state index in [1.165, 1.54) is 12.2 Å². The molecule has 0 aliphatic heterocycles. The highest BCUT2D eigenvalue weighted by Gasteiger charge is 2.12. The lowest BCUT2D eigenvalue weighted by atomic mass is 10.1. The van der Waals surface area contributed by atoms with Gasteiger partial charge in [0, 0.05) is 24.1 Å². The van der Waals surface area contributed by atoms with E-state index in [-0.39, 0.29) is 18.9 Å². The van der Waals surface area contributed by atoms with Crippen LogP contribution in [-0.4, -0.2) is 30.4 Å². The molecular formula is C16H20N2O4. The molecule has 118 valence electrons. The lowest BCUT2D eigenvalue weighted by molar-refractivity contribution is -0.137. The van der Waals surface area contributed by atoms with Crippen molar-refractivity contribution in [2.45, 2.75) is 25.8 Å². The van der Waals surface area contributed by atoms with Gasteiger partial charge in [-0.15, -0.1) is 0 Å². The van der Waals surface area contributed by atoms with Crippen LogP contribution in [0.2, 0.25) is 0 Å². The molecule has 0 fully saturated rings. The van der Waals surface area contributed by atoms with Gasteiger partial charge in [0.2, 0.25) is 5.91 Å². The van der Waals surface area contributed by atoms with E-state index in [0.717, 1.165) is 0 Å². The first-order valence-electron chi connectivity index (χ1n) is 7.02. The van der Waals surface area contributed by atoms with Gasteiger partial charge in [-0.1, -0.05) is 24.3 Å². The topological polar surface area (TPSA) is 98.5 Å². The first-order chi connectivity index (χ1) is 10.5. The highest BCUT2D eigenvalue weighted by atomic mass is 16.5. The molecule has 0 spiro atoms. The molecule has 6 heteroatoms. The molecule has 1 aromatic rings. The van der Waals surface area contributed by atoms with Gasteiger partial charge in [-0.3, -0.25) is 9.59 Å². The maximum atomic E-state index is 12.1. The fourth-order valence-corrected chi connectivity index (χ4v) is 1.74. The van der Waals surface area contributed by atoms with Crippen LogP contribution in [0.25, 0.3) is 0 Å². The predicted octanol–water partition coefficient (Wildman–Crippen LogP) is 1.17. The van der Waals surface area contributed by atoms with Crippen LogP contribution in [0.4, 0.5) is 0 Å². The zero-order valence-corrected chi connectivity index (χ0v) is 12.5. The molecule has 0 radical (unpaired) electrons. The second kappa shape index (κ2) is 9.33. The molecule has 1 atom stereocenters. The summed E-state index contributed by atoms with van der Waals surface area (Å²) in [5.74, 6) is -1.26. The van der Waals surface area contributed by atoms with E-state index < -0.39 is 17.9 Å². The standard InChI is InChI=1S/C16H20N2O4/c1-2-22-15(20)11-9-13(8-10-14(17)19)18-16(21)12-6-4-3-5-7-12/h3-7,9,11,13H,2,8,10H2,1H3,(H2,17,19)(H,18,21)/t13-/m0/s1. The first kappa shape index (κ1) is 17.4. The average molecular weight is 304 g/mol. The SMILES string of the molecule is CCOC(=O)C=C[C@H](CCC(N)=O)NC(=O)c1ccccc1. The van der Waals surface area contributed by atoms with Crippen molar-refractivity contribution in [3.63, 3.8) is 0 Å². The summed E-state index contributed by atoms with van der Waals surface area (Å²) in [5, 5.41) is 2.74. The Labute approximate surface area is 129 Å². The van der Waals surface area contributed by atoms with Gasteiger partial charge >= 0.3 is 5.97 Å².